The largest absolute Gasteiger partial charge is 0.393 e. The quantitative estimate of drug-likeness (QED) is 0.778. The molecule has 0 bridgehead atoms. The number of aliphatic hydroxyl groups excluding tert-OH is 1. The highest BCUT2D eigenvalue weighted by atomic mass is 32.2. The number of piperidine rings is 1. The van der Waals surface area contributed by atoms with Gasteiger partial charge in [0, 0.05) is 25.2 Å². The monoisotopic (exact) mass is 276 g/mol. The van der Waals surface area contributed by atoms with E-state index in [0.717, 1.165) is 38.5 Å². The number of aliphatic hydroxyl groups is 1. The summed E-state index contributed by atoms with van der Waals surface area (Å²) in [6.45, 7) is 1.23. The van der Waals surface area contributed by atoms with E-state index >= 15 is 0 Å². The molecule has 5 nitrogen and oxygen atoms in total. The number of sulfonamides is 1. The molecule has 1 heterocycles. The van der Waals surface area contributed by atoms with Gasteiger partial charge in [0.1, 0.15) is 0 Å². The molecule has 2 unspecified atom stereocenters. The van der Waals surface area contributed by atoms with Crippen LogP contribution in [0.4, 0.5) is 0 Å². The van der Waals surface area contributed by atoms with Gasteiger partial charge in [0.25, 0.3) is 0 Å². The second kappa shape index (κ2) is 5.86. The van der Waals surface area contributed by atoms with Crippen LogP contribution >= 0.6 is 0 Å². The van der Waals surface area contributed by atoms with Crippen molar-refractivity contribution in [3.8, 4) is 0 Å². The molecule has 2 rings (SSSR count). The van der Waals surface area contributed by atoms with Gasteiger partial charge in [-0.2, -0.15) is 0 Å². The van der Waals surface area contributed by atoms with Gasteiger partial charge in [0.05, 0.1) is 12.4 Å². The first-order valence-electron chi connectivity index (χ1n) is 6.84. The smallest absolute Gasteiger partial charge is 0.211 e. The average Bonchev–Trinajstić information content (AvgIpc) is 2.28. The fraction of sp³-hybridized carbons (Fsp3) is 1.00. The molecular formula is C12H24N2O3S. The fourth-order valence-corrected chi connectivity index (χ4v) is 3.88. The SMILES string of the molecule is CS(=O)(=O)N1CCC(NC2CCCC(O)C2)CC1. The molecular weight excluding hydrogens is 252 g/mol. The van der Waals surface area contributed by atoms with Crippen molar-refractivity contribution in [2.75, 3.05) is 19.3 Å². The van der Waals surface area contributed by atoms with Crippen LogP contribution in [-0.4, -0.2) is 55.4 Å². The standard InChI is InChI=1S/C12H24N2O3S/c1-18(16,17)14-7-5-10(6-8-14)13-11-3-2-4-12(15)9-11/h10-13,15H,2-9H2,1H3. The molecule has 0 aromatic rings. The molecule has 18 heavy (non-hydrogen) atoms. The number of hydrogen-bond donors (Lipinski definition) is 2. The molecule has 2 fully saturated rings. The summed E-state index contributed by atoms with van der Waals surface area (Å²) in [5.74, 6) is 0. The van der Waals surface area contributed by atoms with E-state index in [0.29, 0.717) is 25.2 Å². The number of nitrogens with zero attached hydrogens (tertiary/aromatic N) is 1. The average molecular weight is 276 g/mol. The Morgan fingerprint density at radius 3 is 2.33 bits per heavy atom. The molecule has 1 aliphatic carbocycles. The van der Waals surface area contributed by atoms with Gasteiger partial charge in [0.15, 0.2) is 0 Å². The van der Waals surface area contributed by atoms with Crippen LogP contribution in [0, 0.1) is 0 Å². The number of rotatable bonds is 3. The minimum Gasteiger partial charge on any atom is -0.393 e. The Hall–Kier alpha value is -0.170. The molecule has 2 aliphatic rings. The lowest BCUT2D eigenvalue weighted by molar-refractivity contribution is 0.105. The fourth-order valence-electron chi connectivity index (χ4n) is 3.00. The van der Waals surface area contributed by atoms with Gasteiger partial charge in [-0.05, 0) is 38.5 Å². The molecule has 2 atom stereocenters. The molecule has 0 radical (unpaired) electrons. The predicted octanol–water partition coefficient (Wildman–Crippen LogP) is 0.304. The molecule has 1 saturated carbocycles. The van der Waals surface area contributed by atoms with Crippen LogP contribution in [0.5, 0.6) is 0 Å². The molecule has 0 aromatic carbocycles. The van der Waals surface area contributed by atoms with Crippen LogP contribution in [0.15, 0.2) is 0 Å². The highest BCUT2D eigenvalue weighted by Crippen LogP contribution is 2.21. The number of nitrogens with one attached hydrogen (secondary N) is 1. The van der Waals surface area contributed by atoms with E-state index in [2.05, 4.69) is 5.32 Å². The first-order chi connectivity index (χ1) is 8.45. The molecule has 6 heteroatoms. The molecule has 1 aliphatic heterocycles. The first kappa shape index (κ1) is 14.2. The third-order valence-corrected chi connectivity index (χ3v) is 5.34. The lowest BCUT2D eigenvalue weighted by Crippen LogP contribution is -2.48. The summed E-state index contributed by atoms with van der Waals surface area (Å²) in [6, 6.07) is 0.807. The van der Waals surface area contributed by atoms with Crippen molar-refractivity contribution in [3.63, 3.8) is 0 Å². The summed E-state index contributed by atoms with van der Waals surface area (Å²) in [4.78, 5) is 0. The van der Waals surface area contributed by atoms with Crippen molar-refractivity contribution < 1.29 is 13.5 Å². The normalized spacial score (nSPS) is 32.6. The lowest BCUT2D eigenvalue weighted by atomic mass is 9.91. The summed E-state index contributed by atoms with van der Waals surface area (Å²) >= 11 is 0. The molecule has 1 saturated heterocycles. The lowest BCUT2D eigenvalue weighted by Gasteiger charge is -2.35. The highest BCUT2D eigenvalue weighted by molar-refractivity contribution is 7.88. The maximum atomic E-state index is 11.4. The van der Waals surface area contributed by atoms with Gasteiger partial charge in [-0.25, -0.2) is 12.7 Å². The topological polar surface area (TPSA) is 69.6 Å². The minimum absolute atomic E-state index is 0.160. The van der Waals surface area contributed by atoms with Crippen molar-refractivity contribution in [1.82, 2.24) is 9.62 Å². The van der Waals surface area contributed by atoms with Gasteiger partial charge in [0.2, 0.25) is 10.0 Å². The zero-order valence-electron chi connectivity index (χ0n) is 11.0. The van der Waals surface area contributed by atoms with Gasteiger partial charge < -0.3 is 10.4 Å². The Kier molecular flexibility index (Phi) is 4.64. The Bertz CT molecular complexity index is 364. The first-order valence-corrected chi connectivity index (χ1v) is 8.69. The molecule has 0 aromatic heterocycles. The van der Waals surface area contributed by atoms with E-state index in [1.165, 1.54) is 6.26 Å². The summed E-state index contributed by atoms with van der Waals surface area (Å²) < 4.78 is 24.4. The van der Waals surface area contributed by atoms with E-state index in [9.17, 15) is 13.5 Å². The summed E-state index contributed by atoms with van der Waals surface area (Å²) in [5.41, 5.74) is 0. The van der Waals surface area contributed by atoms with Crippen LogP contribution in [0.25, 0.3) is 0 Å². The zero-order chi connectivity index (χ0) is 13.2. The Labute approximate surface area is 110 Å². The summed E-state index contributed by atoms with van der Waals surface area (Å²) in [7, 11) is -3.03. The minimum atomic E-state index is -3.03. The van der Waals surface area contributed by atoms with E-state index < -0.39 is 10.0 Å². The van der Waals surface area contributed by atoms with Gasteiger partial charge in [-0.3, -0.25) is 0 Å². The maximum Gasteiger partial charge on any atom is 0.211 e. The second-order valence-electron chi connectivity index (χ2n) is 5.62. The predicted molar refractivity (Wildman–Crippen MR) is 70.8 cm³/mol. The van der Waals surface area contributed by atoms with Crippen molar-refractivity contribution in [2.24, 2.45) is 0 Å². The van der Waals surface area contributed by atoms with E-state index in [4.69, 9.17) is 0 Å². The Balaban J connectivity index is 1.76. The van der Waals surface area contributed by atoms with Crippen LogP contribution in [0.2, 0.25) is 0 Å². The highest BCUT2D eigenvalue weighted by Gasteiger charge is 2.27. The van der Waals surface area contributed by atoms with E-state index in [1.807, 2.05) is 0 Å². The van der Waals surface area contributed by atoms with E-state index in [-0.39, 0.29) is 6.10 Å². The summed E-state index contributed by atoms with van der Waals surface area (Å²) in [6.07, 6.45) is 6.84. The molecule has 0 spiro atoms. The van der Waals surface area contributed by atoms with Crippen molar-refractivity contribution in [2.45, 2.75) is 56.7 Å². The van der Waals surface area contributed by atoms with Crippen LogP contribution in [0.1, 0.15) is 38.5 Å². The molecule has 2 N–H and O–H groups in total. The Morgan fingerprint density at radius 2 is 1.78 bits per heavy atom. The maximum absolute atomic E-state index is 11.4. The second-order valence-corrected chi connectivity index (χ2v) is 7.60. The third-order valence-electron chi connectivity index (χ3n) is 4.04. The van der Waals surface area contributed by atoms with Gasteiger partial charge >= 0.3 is 0 Å². The summed E-state index contributed by atoms with van der Waals surface area (Å²) in [5, 5.41) is 13.2. The van der Waals surface area contributed by atoms with Gasteiger partial charge in [-0.15, -0.1) is 0 Å². The van der Waals surface area contributed by atoms with Crippen molar-refractivity contribution in [3.05, 3.63) is 0 Å². The molecule has 0 amide bonds. The number of hydrogen-bond acceptors (Lipinski definition) is 4. The van der Waals surface area contributed by atoms with Gasteiger partial charge in [-0.1, -0.05) is 0 Å². The van der Waals surface area contributed by atoms with Crippen molar-refractivity contribution >= 4 is 10.0 Å². The zero-order valence-corrected chi connectivity index (χ0v) is 11.8. The van der Waals surface area contributed by atoms with Crippen LogP contribution in [0.3, 0.4) is 0 Å². The van der Waals surface area contributed by atoms with Crippen molar-refractivity contribution in [1.29, 1.82) is 0 Å². The van der Waals surface area contributed by atoms with E-state index in [1.54, 1.807) is 4.31 Å². The third kappa shape index (κ3) is 3.91. The molecule has 106 valence electrons. The van der Waals surface area contributed by atoms with Crippen LogP contribution in [-0.2, 0) is 10.0 Å². The Morgan fingerprint density at radius 1 is 1.11 bits per heavy atom. The van der Waals surface area contributed by atoms with Crippen LogP contribution < -0.4 is 5.32 Å².